The molecule has 0 saturated carbocycles. The summed E-state index contributed by atoms with van der Waals surface area (Å²) in [6.07, 6.45) is 3.32. The van der Waals surface area contributed by atoms with Crippen LogP contribution in [0.15, 0.2) is 0 Å². The molecule has 0 unspecified atom stereocenters. The van der Waals surface area contributed by atoms with E-state index in [4.69, 9.17) is 0 Å². The molecule has 0 rings (SSSR count). The largest absolute Gasteiger partial charge is 0.332 e. The molecule has 0 heterocycles. The van der Waals surface area contributed by atoms with Crippen molar-refractivity contribution in [1.29, 1.82) is 0 Å². The number of hydrogen-bond acceptors (Lipinski definition) is 0. The fraction of sp³-hybridized carbons (Fsp3) is 0.750. The Morgan fingerprint density at radius 1 is 1.50 bits per heavy atom. The van der Waals surface area contributed by atoms with Gasteiger partial charge in [0.15, 0.2) is 0 Å². The molecule has 0 aromatic rings. The fourth-order valence-electron chi connectivity index (χ4n) is 0. The third kappa shape index (κ3) is 17.1. The van der Waals surface area contributed by atoms with Crippen molar-refractivity contribution in [3.05, 3.63) is 6.42 Å². The molecule has 0 aliphatic carbocycles. The van der Waals surface area contributed by atoms with Gasteiger partial charge in [-0.25, -0.2) is 0 Å². The first-order chi connectivity index (χ1) is 1.91. The molecule has 0 nitrogen and oxygen atoms in total. The molecular weight excluding hydrogens is 321 g/mol. The van der Waals surface area contributed by atoms with E-state index in [1.165, 1.54) is 6.42 Å². The van der Waals surface area contributed by atoms with Gasteiger partial charge in [0.2, 0.25) is 0 Å². The van der Waals surface area contributed by atoms with Crippen LogP contribution in [0.5, 0.6) is 0 Å². The Bertz CT molecular complexity index is 9.51. The van der Waals surface area contributed by atoms with Crippen LogP contribution in [0.25, 0.3) is 0 Å². The molecular formula is C4H9WY-. The van der Waals surface area contributed by atoms with Crippen LogP contribution in [-0.2, 0) is 53.8 Å². The van der Waals surface area contributed by atoms with Crippen LogP contribution in [-0.4, -0.2) is 0 Å². The molecule has 0 atom stereocenters. The quantitative estimate of drug-likeness (QED) is 0.641. The van der Waals surface area contributed by atoms with Gasteiger partial charge in [0.1, 0.15) is 0 Å². The second kappa shape index (κ2) is 15.8. The van der Waals surface area contributed by atoms with E-state index in [0.717, 1.165) is 0 Å². The van der Waals surface area contributed by atoms with Gasteiger partial charge in [0.25, 0.3) is 0 Å². The molecule has 1 radical (unpaired) electrons. The minimum absolute atomic E-state index is 0. The van der Waals surface area contributed by atoms with Crippen LogP contribution >= 0.6 is 0 Å². The molecule has 35 valence electrons. The van der Waals surface area contributed by atoms with Crippen LogP contribution in [0.3, 0.4) is 0 Å². The van der Waals surface area contributed by atoms with Gasteiger partial charge < -0.3 is 6.42 Å². The Hall–Kier alpha value is 1.79. The van der Waals surface area contributed by atoms with Crippen molar-refractivity contribution >= 4 is 0 Å². The SMILES string of the molecule is C[CH-]CC.[W].[Y]. The van der Waals surface area contributed by atoms with E-state index in [9.17, 15) is 0 Å². The van der Waals surface area contributed by atoms with Crippen LogP contribution in [0, 0.1) is 6.42 Å². The summed E-state index contributed by atoms with van der Waals surface area (Å²) in [5, 5.41) is 0. The molecule has 0 N–H and O–H groups in total. The maximum absolute atomic E-state index is 2.12. The summed E-state index contributed by atoms with van der Waals surface area (Å²) < 4.78 is 0. The van der Waals surface area contributed by atoms with E-state index >= 15 is 0 Å². The van der Waals surface area contributed by atoms with E-state index in [2.05, 4.69) is 20.3 Å². The molecule has 6 heavy (non-hydrogen) atoms. The van der Waals surface area contributed by atoms with Crippen molar-refractivity contribution < 1.29 is 53.8 Å². The van der Waals surface area contributed by atoms with Crippen LogP contribution in [0.1, 0.15) is 20.3 Å². The summed E-state index contributed by atoms with van der Waals surface area (Å²) in [5.41, 5.74) is 0. The first-order valence-electron chi connectivity index (χ1n) is 1.69. The van der Waals surface area contributed by atoms with Gasteiger partial charge in [0, 0.05) is 53.8 Å². The second-order valence-electron chi connectivity index (χ2n) is 0.816. The smallest absolute Gasteiger partial charge is 0 e. The van der Waals surface area contributed by atoms with Crippen molar-refractivity contribution in [1.82, 2.24) is 0 Å². The van der Waals surface area contributed by atoms with Gasteiger partial charge in [0.05, 0.1) is 0 Å². The van der Waals surface area contributed by atoms with Gasteiger partial charge in [-0.05, 0) is 0 Å². The average molecular weight is 330 g/mol. The summed E-state index contributed by atoms with van der Waals surface area (Å²) in [4.78, 5) is 0. The van der Waals surface area contributed by atoms with Crippen molar-refractivity contribution in [3.63, 3.8) is 0 Å². The van der Waals surface area contributed by atoms with Crippen molar-refractivity contribution in [2.24, 2.45) is 0 Å². The van der Waals surface area contributed by atoms with E-state index in [-0.39, 0.29) is 53.8 Å². The minimum atomic E-state index is 0. The summed E-state index contributed by atoms with van der Waals surface area (Å²) in [6.45, 7) is 4.18. The monoisotopic (exact) mass is 330 g/mol. The van der Waals surface area contributed by atoms with Crippen molar-refractivity contribution in [2.45, 2.75) is 20.3 Å². The maximum atomic E-state index is 2.12. The summed E-state index contributed by atoms with van der Waals surface area (Å²) in [7, 11) is 0. The van der Waals surface area contributed by atoms with E-state index in [1.807, 2.05) is 0 Å². The molecule has 0 aliphatic rings. The zero-order chi connectivity index (χ0) is 3.41. The Labute approximate surface area is 79.6 Å². The van der Waals surface area contributed by atoms with Crippen LogP contribution < -0.4 is 0 Å². The van der Waals surface area contributed by atoms with Crippen molar-refractivity contribution in [2.75, 3.05) is 0 Å². The Balaban J connectivity index is -0.0000000450. The van der Waals surface area contributed by atoms with Gasteiger partial charge in [-0.3, -0.25) is 0 Å². The van der Waals surface area contributed by atoms with E-state index < -0.39 is 0 Å². The molecule has 0 amide bonds. The third-order valence-electron chi connectivity index (χ3n) is 0.408. The second-order valence-corrected chi connectivity index (χ2v) is 0.816. The summed E-state index contributed by atoms with van der Waals surface area (Å²) in [6, 6.07) is 0. The van der Waals surface area contributed by atoms with Gasteiger partial charge in [-0.1, -0.05) is 6.92 Å². The number of unbranched alkanes of at least 4 members (excludes halogenated alkanes) is 1. The first-order valence-corrected chi connectivity index (χ1v) is 1.69. The van der Waals surface area contributed by atoms with Gasteiger partial charge >= 0.3 is 0 Å². The topological polar surface area (TPSA) is 0 Å². The summed E-state index contributed by atoms with van der Waals surface area (Å²) in [5.74, 6) is 0. The van der Waals surface area contributed by atoms with Gasteiger partial charge in [-0.15, -0.1) is 0 Å². The number of hydrogen-bond donors (Lipinski definition) is 0. The minimum Gasteiger partial charge on any atom is -0.332 e. The summed E-state index contributed by atoms with van der Waals surface area (Å²) >= 11 is 0. The van der Waals surface area contributed by atoms with Crippen LogP contribution in [0.4, 0.5) is 0 Å². The standard InChI is InChI=1S/C4H9.W.Y/c1-3-4-2;;/h3H,4H2,1-2H3;;/q-1;;. The number of rotatable bonds is 1. The zero-order valence-electron chi connectivity index (χ0n) is 4.27. The molecule has 0 saturated heterocycles. The first kappa shape index (κ1) is 15.7. The predicted octanol–water partition coefficient (Wildman–Crippen LogP) is 1.62. The Morgan fingerprint density at radius 2 is 1.67 bits per heavy atom. The molecule has 0 aliphatic heterocycles. The van der Waals surface area contributed by atoms with Crippen LogP contribution in [0.2, 0.25) is 0 Å². The average Bonchev–Trinajstić information content (AvgIpc) is 1.37. The molecule has 0 aromatic heterocycles. The molecule has 0 aromatic carbocycles. The zero-order valence-corrected chi connectivity index (χ0v) is 10.0. The van der Waals surface area contributed by atoms with E-state index in [1.54, 1.807) is 0 Å². The molecule has 0 fully saturated rings. The normalized spacial score (nSPS) is 5.00. The van der Waals surface area contributed by atoms with Gasteiger partial charge in [-0.2, -0.15) is 13.3 Å². The third-order valence-corrected chi connectivity index (χ3v) is 0.408. The Kier molecular flexibility index (Phi) is 41.3. The maximum Gasteiger partial charge on any atom is 0 e. The predicted molar refractivity (Wildman–Crippen MR) is 20.3 cm³/mol. The molecule has 2 heteroatoms. The molecule has 0 bridgehead atoms. The Morgan fingerprint density at radius 3 is 1.67 bits per heavy atom. The fourth-order valence-corrected chi connectivity index (χ4v) is 0. The van der Waals surface area contributed by atoms with Crippen molar-refractivity contribution in [3.8, 4) is 0 Å². The van der Waals surface area contributed by atoms with E-state index in [0.29, 0.717) is 0 Å². The molecule has 0 spiro atoms.